The Kier molecular flexibility index (Phi) is 5.71. The Balaban J connectivity index is 1.70. The minimum Gasteiger partial charge on any atom is -0.493 e. The largest absolute Gasteiger partial charge is 0.493 e. The number of anilines is 1. The van der Waals surface area contributed by atoms with E-state index in [9.17, 15) is 4.79 Å². The third kappa shape index (κ3) is 4.52. The van der Waals surface area contributed by atoms with E-state index in [1.807, 2.05) is 24.3 Å². The lowest BCUT2D eigenvalue weighted by molar-refractivity contribution is 0.102. The standard InChI is InChI=1S/C20H17ClN2O3/c1-25-19-11-15(20(24)23-17-3-2-10-22-12-17)6-9-18(19)26-13-14-4-7-16(21)8-5-14/h2-12H,13H2,1H3,(H,23,24). The van der Waals surface area contributed by atoms with Crippen LogP contribution in [-0.2, 0) is 6.61 Å². The Labute approximate surface area is 156 Å². The molecule has 0 aliphatic rings. The summed E-state index contributed by atoms with van der Waals surface area (Å²) in [6.07, 6.45) is 3.23. The average Bonchev–Trinajstić information content (AvgIpc) is 2.68. The molecule has 26 heavy (non-hydrogen) atoms. The van der Waals surface area contributed by atoms with Crippen molar-refractivity contribution >= 4 is 23.2 Å². The van der Waals surface area contributed by atoms with Gasteiger partial charge in [-0.1, -0.05) is 23.7 Å². The number of methoxy groups -OCH3 is 1. The van der Waals surface area contributed by atoms with Crippen LogP contribution in [0.2, 0.25) is 5.02 Å². The van der Waals surface area contributed by atoms with Gasteiger partial charge in [0.1, 0.15) is 6.61 Å². The summed E-state index contributed by atoms with van der Waals surface area (Å²) in [5.74, 6) is 0.790. The van der Waals surface area contributed by atoms with Gasteiger partial charge in [-0.25, -0.2) is 0 Å². The van der Waals surface area contributed by atoms with E-state index < -0.39 is 0 Å². The molecule has 0 unspecified atom stereocenters. The van der Waals surface area contributed by atoms with E-state index in [0.29, 0.717) is 34.4 Å². The zero-order chi connectivity index (χ0) is 18.4. The summed E-state index contributed by atoms with van der Waals surface area (Å²) in [5.41, 5.74) is 2.07. The smallest absolute Gasteiger partial charge is 0.255 e. The lowest BCUT2D eigenvalue weighted by atomic mass is 10.2. The Bertz CT molecular complexity index is 883. The fourth-order valence-corrected chi connectivity index (χ4v) is 2.44. The van der Waals surface area contributed by atoms with Crippen LogP contribution >= 0.6 is 11.6 Å². The topological polar surface area (TPSA) is 60.5 Å². The molecule has 3 rings (SSSR count). The summed E-state index contributed by atoms with van der Waals surface area (Å²) in [4.78, 5) is 16.3. The van der Waals surface area contributed by atoms with Gasteiger partial charge in [0.2, 0.25) is 0 Å². The van der Waals surface area contributed by atoms with E-state index >= 15 is 0 Å². The summed E-state index contributed by atoms with van der Waals surface area (Å²) < 4.78 is 11.2. The number of amides is 1. The number of hydrogen-bond donors (Lipinski definition) is 1. The number of carbonyl (C=O) groups excluding carboxylic acids is 1. The Hall–Kier alpha value is -3.05. The lowest BCUT2D eigenvalue weighted by Crippen LogP contribution is -2.12. The van der Waals surface area contributed by atoms with E-state index in [2.05, 4.69) is 10.3 Å². The molecule has 0 bridgehead atoms. The van der Waals surface area contributed by atoms with Crippen LogP contribution in [0, 0.1) is 0 Å². The van der Waals surface area contributed by atoms with Crippen molar-refractivity contribution in [3.63, 3.8) is 0 Å². The maximum atomic E-state index is 12.4. The molecule has 0 radical (unpaired) electrons. The van der Waals surface area contributed by atoms with Gasteiger partial charge in [-0.2, -0.15) is 0 Å². The van der Waals surface area contributed by atoms with E-state index in [1.165, 1.54) is 7.11 Å². The van der Waals surface area contributed by atoms with Crippen LogP contribution in [0.4, 0.5) is 5.69 Å². The minimum absolute atomic E-state index is 0.249. The van der Waals surface area contributed by atoms with Gasteiger partial charge in [0.15, 0.2) is 11.5 Å². The highest BCUT2D eigenvalue weighted by Crippen LogP contribution is 2.29. The second-order valence-electron chi connectivity index (χ2n) is 5.48. The van der Waals surface area contributed by atoms with Crippen LogP contribution in [0.5, 0.6) is 11.5 Å². The summed E-state index contributed by atoms with van der Waals surface area (Å²) >= 11 is 5.88. The minimum atomic E-state index is -0.249. The van der Waals surface area contributed by atoms with Crippen LogP contribution in [0.3, 0.4) is 0 Å². The third-order valence-corrected chi connectivity index (χ3v) is 3.90. The molecule has 3 aromatic rings. The quantitative estimate of drug-likeness (QED) is 0.692. The lowest BCUT2D eigenvalue weighted by Gasteiger charge is -2.12. The normalized spacial score (nSPS) is 10.2. The maximum absolute atomic E-state index is 12.4. The van der Waals surface area contributed by atoms with E-state index in [-0.39, 0.29) is 5.91 Å². The highest BCUT2D eigenvalue weighted by molar-refractivity contribution is 6.30. The van der Waals surface area contributed by atoms with Crippen molar-refractivity contribution in [3.05, 3.63) is 83.1 Å². The van der Waals surface area contributed by atoms with E-state index in [0.717, 1.165) is 5.56 Å². The van der Waals surface area contributed by atoms with Crippen LogP contribution in [0.1, 0.15) is 15.9 Å². The molecule has 2 aromatic carbocycles. The highest BCUT2D eigenvalue weighted by Gasteiger charge is 2.12. The maximum Gasteiger partial charge on any atom is 0.255 e. The molecule has 1 amide bonds. The number of carbonyl (C=O) groups is 1. The third-order valence-electron chi connectivity index (χ3n) is 3.65. The van der Waals surface area contributed by atoms with Crippen LogP contribution in [0.25, 0.3) is 0 Å². The molecule has 6 heteroatoms. The molecule has 0 saturated carbocycles. The number of rotatable bonds is 6. The molecule has 0 fully saturated rings. The number of benzene rings is 2. The van der Waals surface area contributed by atoms with Gasteiger partial charge in [0.25, 0.3) is 5.91 Å². The molecule has 0 saturated heterocycles. The van der Waals surface area contributed by atoms with Crippen LogP contribution in [0.15, 0.2) is 67.0 Å². The molecule has 0 spiro atoms. The molecular formula is C20H17ClN2O3. The fourth-order valence-electron chi connectivity index (χ4n) is 2.31. The van der Waals surface area contributed by atoms with Crippen molar-refractivity contribution in [2.24, 2.45) is 0 Å². The predicted octanol–water partition coefficient (Wildman–Crippen LogP) is 4.57. The van der Waals surface area contributed by atoms with Gasteiger partial charge in [0.05, 0.1) is 19.0 Å². The number of aromatic nitrogens is 1. The van der Waals surface area contributed by atoms with Gasteiger partial charge in [-0.15, -0.1) is 0 Å². The zero-order valence-corrected chi connectivity index (χ0v) is 14.9. The first-order valence-corrected chi connectivity index (χ1v) is 8.30. The Morgan fingerprint density at radius 2 is 1.92 bits per heavy atom. The molecule has 0 atom stereocenters. The predicted molar refractivity (Wildman–Crippen MR) is 101 cm³/mol. The first-order valence-electron chi connectivity index (χ1n) is 7.92. The molecule has 0 aliphatic carbocycles. The number of nitrogens with one attached hydrogen (secondary N) is 1. The van der Waals surface area contributed by atoms with Crippen molar-refractivity contribution in [2.75, 3.05) is 12.4 Å². The molecule has 5 nitrogen and oxygen atoms in total. The molecule has 1 heterocycles. The first kappa shape index (κ1) is 17.8. The van der Waals surface area contributed by atoms with Crippen molar-refractivity contribution in [3.8, 4) is 11.5 Å². The number of pyridine rings is 1. The summed E-state index contributed by atoms with van der Waals surface area (Å²) in [7, 11) is 1.54. The fraction of sp³-hybridized carbons (Fsp3) is 0.100. The SMILES string of the molecule is COc1cc(C(=O)Nc2cccnc2)ccc1OCc1ccc(Cl)cc1. The zero-order valence-electron chi connectivity index (χ0n) is 14.1. The van der Waals surface area contributed by atoms with Gasteiger partial charge >= 0.3 is 0 Å². The Morgan fingerprint density at radius 3 is 2.62 bits per heavy atom. The summed E-state index contributed by atoms with van der Waals surface area (Å²) in [6, 6.07) is 16.0. The van der Waals surface area contributed by atoms with Gasteiger partial charge in [-0.3, -0.25) is 9.78 Å². The number of ether oxygens (including phenoxy) is 2. The second-order valence-corrected chi connectivity index (χ2v) is 5.91. The van der Waals surface area contributed by atoms with Crippen LogP contribution in [-0.4, -0.2) is 18.0 Å². The highest BCUT2D eigenvalue weighted by atomic mass is 35.5. The molecule has 1 aromatic heterocycles. The second kappa shape index (κ2) is 8.36. The first-order chi connectivity index (χ1) is 12.7. The number of halogens is 1. The van der Waals surface area contributed by atoms with Gasteiger partial charge < -0.3 is 14.8 Å². The summed E-state index contributed by atoms with van der Waals surface area (Å²) in [6.45, 7) is 0.370. The molecular weight excluding hydrogens is 352 g/mol. The van der Waals surface area contributed by atoms with Crippen molar-refractivity contribution in [1.82, 2.24) is 4.98 Å². The average molecular weight is 369 g/mol. The monoisotopic (exact) mass is 368 g/mol. The molecule has 1 N–H and O–H groups in total. The molecule has 0 aliphatic heterocycles. The number of nitrogens with zero attached hydrogens (tertiary/aromatic N) is 1. The summed E-state index contributed by atoms with van der Waals surface area (Å²) in [5, 5.41) is 3.46. The van der Waals surface area contributed by atoms with Crippen molar-refractivity contribution < 1.29 is 14.3 Å². The van der Waals surface area contributed by atoms with Crippen molar-refractivity contribution in [2.45, 2.75) is 6.61 Å². The van der Waals surface area contributed by atoms with E-state index in [1.54, 1.807) is 42.7 Å². The van der Waals surface area contributed by atoms with Gasteiger partial charge in [-0.05, 0) is 48.0 Å². The van der Waals surface area contributed by atoms with Crippen molar-refractivity contribution in [1.29, 1.82) is 0 Å². The van der Waals surface area contributed by atoms with Crippen LogP contribution < -0.4 is 14.8 Å². The molecule has 132 valence electrons. The Morgan fingerprint density at radius 1 is 1.12 bits per heavy atom. The number of hydrogen-bond acceptors (Lipinski definition) is 4. The van der Waals surface area contributed by atoms with E-state index in [4.69, 9.17) is 21.1 Å². The van der Waals surface area contributed by atoms with Gasteiger partial charge in [0, 0.05) is 16.8 Å².